The van der Waals surface area contributed by atoms with Gasteiger partial charge in [0, 0.05) is 21.7 Å². The number of anilines is 3. The molecule has 0 aliphatic carbocycles. The summed E-state index contributed by atoms with van der Waals surface area (Å²) >= 11 is 0. The summed E-state index contributed by atoms with van der Waals surface area (Å²) in [7, 11) is 0. The maximum Gasteiger partial charge on any atom is 0.159 e. The van der Waals surface area contributed by atoms with Crippen molar-refractivity contribution in [2.45, 2.75) is 0 Å². The van der Waals surface area contributed by atoms with Crippen molar-refractivity contribution in [1.82, 2.24) is 0 Å². The lowest BCUT2D eigenvalue weighted by Gasteiger charge is -2.30. The Morgan fingerprint density at radius 2 is 0.827 bits per heavy atom. The highest BCUT2D eigenvalue weighted by molar-refractivity contribution is 6.17. The van der Waals surface area contributed by atoms with Gasteiger partial charge in [-0.3, -0.25) is 0 Å². The normalized spacial score (nSPS) is 11.5. The van der Waals surface area contributed by atoms with E-state index in [1.165, 1.54) is 43.8 Å². The van der Waals surface area contributed by atoms with Crippen molar-refractivity contribution in [3.05, 3.63) is 200 Å². The molecule has 244 valence electrons. The SMILES string of the molecule is c1ccc(-c2ccccc2-c2ccccc2-c2ccccc2N(c2cc3ccccc3c3ccccc23)c2cccc3c2oc2ccccc23)cc1. The molecule has 0 unspecified atom stereocenters. The topological polar surface area (TPSA) is 16.4 Å². The molecule has 0 saturated heterocycles. The largest absolute Gasteiger partial charge is 0.454 e. The molecule has 10 rings (SSSR count). The summed E-state index contributed by atoms with van der Waals surface area (Å²) in [6.45, 7) is 0. The first kappa shape index (κ1) is 30.0. The number of nitrogens with zero attached hydrogens (tertiary/aromatic N) is 1. The van der Waals surface area contributed by atoms with Crippen LogP contribution < -0.4 is 4.90 Å². The highest BCUT2D eigenvalue weighted by Crippen LogP contribution is 2.49. The molecule has 0 fully saturated rings. The second-order valence-electron chi connectivity index (χ2n) is 13.2. The Morgan fingerprint density at radius 1 is 0.308 bits per heavy atom. The zero-order valence-electron chi connectivity index (χ0n) is 28.4. The van der Waals surface area contributed by atoms with Gasteiger partial charge in [0.1, 0.15) is 5.58 Å². The van der Waals surface area contributed by atoms with Crippen molar-refractivity contribution < 1.29 is 4.42 Å². The standard InChI is InChI=1S/C50H33NO/c1-2-17-34(18-3-1)36-20-6-7-22-38(36)40-24-8-9-25-41(40)42-26-12-14-30-46(42)51(47-31-16-29-45-44-28-13-15-32-49(44)52-50(45)47)48-33-35-19-4-5-21-37(35)39-23-10-11-27-43(39)48/h1-33H. The Bertz CT molecular complexity index is 2920. The quantitative estimate of drug-likeness (QED) is 0.165. The second-order valence-corrected chi connectivity index (χ2v) is 13.2. The van der Waals surface area contributed by atoms with Gasteiger partial charge in [-0.05, 0) is 68.2 Å². The van der Waals surface area contributed by atoms with Gasteiger partial charge < -0.3 is 9.32 Å². The lowest BCUT2D eigenvalue weighted by molar-refractivity contribution is 0.669. The van der Waals surface area contributed by atoms with Crippen LogP contribution in [0.2, 0.25) is 0 Å². The fraction of sp³-hybridized carbons (Fsp3) is 0. The molecule has 0 saturated carbocycles. The zero-order valence-corrected chi connectivity index (χ0v) is 28.4. The molecular formula is C50H33NO. The summed E-state index contributed by atoms with van der Waals surface area (Å²) < 4.78 is 6.77. The van der Waals surface area contributed by atoms with Crippen LogP contribution in [0.3, 0.4) is 0 Å². The van der Waals surface area contributed by atoms with E-state index in [1.807, 2.05) is 6.07 Å². The van der Waals surface area contributed by atoms with E-state index in [2.05, 4.69) is 199 Å². The van der Waals surface area contributed by atoms with Crippen LogP contribution in [0.5, 0.6) is 0 Å². The van der Waals surface area contributed by atoms with Crippen LogP contribution in [0.1, 0.15) is 0 Å². The van der Waals surface area contributed by atoms with Crippen molar-refractivity contribution in [2.24, 2.45) is 0 Å². The molecule has 2 nitrogen and oxygen atoms in total. The van der Waals surface area contributed by atoms with E-state index >= 15 is 0 Å². The minimum absolute atomic E-state index is 0.860. The van der Waals surface area contributed by atoms with Gasteiger partial charge in [0.2, 0.25) is 0 Å². The Hall–Kier alpha value is -6.90. The summed E-state index contributed by atoms with van der Waals surface area (Å²) in [5, 5.41) is 7.02. The average Bonchev–Trinajstić information content (AvgIpc) is 3.61. The van der Waals surface area contributed by atoms with Gasteiger partial charge in [-0.1, -0.05) is 176 Å². The summed E-state index contributed by atoms with van der Waals surface area (Å²) in [6, 6.07) is 71.7. The fourth-order valence-electron chi connectivity index (χ4n) is 7.95. The van der Waals surface area contributed by atoms with Gasteiger partial charge in [0.15, 0.2) is 5.58 Å². The summed E-state index contributed by atoms with van der Waals surface area (Å²) in [5.41, 5.74) is 12.0. The summed E-state index contributed by atoms with van der Waals surface area (Å²) in [5.74, 6) is 0. The van der Waals surface area contributed by atoms with E-state index in [0.717, 1.165) is 50.1 Å². The first-order valence-electron chi connectivity index (χ1n) is 17.8. The number of benzene rings is 9. The smallest absolute Gasteiger partial charge is 0.159 e. The third kappa shape index (κ3) is 4.88. The molecule has 1 aromatic heterocycles. The van der Waals surface area contributed by atoms with Gasteiger partial charge in [-0.25, -0.2) is 0 Å². The van der Waals surface area contributed by atoms with E-state index in [0.29, 0.717) is 0 Å². The van der Waals surface area contributed by atoms with Crippen LogP contribution in [0.4, 0.5) is 17.1 Å². The molecule has 1 heterocycles. The van der Waals surface area contributed by atoms with Crippen molar-refractivity contribution in [3.63, 3.8) is 0 Å². The van der Waals surface area contributed by atoms with Gasteiger partial charge in [-0.15, -0.1) is 0 Å². The second kappa shape index (κ2) is 12.5. The first-order valence-corrected chi connectivity index (χ1v) is 17.8. The van der Waals surface area contributed by atoms with E-state index in [9.17, 15) is 0 Å². The highest BCUT2D eigenvalue weighted by Gasteiger charge is 2.25. The van der Waals surface area contributed by atoms with Crippen molar-refractivity contribution >= 4 is 60.5 Å². The predicted molar refractivity (Wildman–Crippen MR) is 220 cm³/mol. The summed E-state index contributed by atoms with van der Waals surface area (Å²) in [6.07, 6.45) is 0. The minimum Gasteiger partial charge on any atom is -0.454 e. The zero-order chi connectivity index (χ0) is 34.4. The molecule has 0 spiro atoms. The lowest BCUT2D eigenvalue weighted by Crippen LogP contribution is -2.12. The molecule has 0 radical (unpaired) electrons. The molecule has 10 aromatic rings. The molecular weight excluding hydrogens is 631 g/mol. The maximum absolute atomic E-state index is 6.77. The number of rotatable bonds is 6. The molecule has 0 atom stereocenters. The number of fused-ring (bicyclic) bond motifs is 6. The molecule has 2 heteroatoms. The number of furan rings is 1. The number of hydrogen-bond donors (Lipinski definition) is 0. The molecule has 0 N–H and O–H groups in total. The van der Waals surface area contributed by atoms with Crippen LogP contribution in [-0.2, 0) is 0 Å². The predicted octanol–water partition coefficient (Wildman–Crippen LogP) is 14.4. The van der Waals surface area contributed by atoms with Crippen molar-refractivity contribution in [2.75, 3.05) is 4.90 Å². The third-order valence-corrected chi connectivity index (χ3v) is 10.3. The first-order chi connectivity index (χ1) is 25.8. The third-order valence-electron chi connectivity index (χ3n) is 10.3. The number of hydrogen-bond acceptors (Lipinski definition) is 2. The van der Waals surface area contributed by atoms with Crippen LogP contribution in [0, 0.1) is 0 Å². The minimum atomic E-state index is 0.860. The Balaban J connectivity index is 1.29. The van der Waals surface area contributed by atoms with Crippen LogP contribution >= 0.6 is 0 Å². The molecule has 0 bridgehead atoms. The van der Waals surface area contributed by atoms with Crippen LogP contribution in [-0.4, -0.2) is 0 Å². The number of para-hydroxylation sites is 3. The van der Waals surface area contributed by atoms with E-state index in [4.69, 9.17) is 4.42 Å². The molecule has 52 heavy (non-hydrogen) atoms. The molecule has 0 aliphatic rings. The van der Waals surface area contributed by atoms with Crippen LogP contribution in [0.15, 0.2) is 205 Å². The highest BCUT2D eigenvalue weighted by atomic mass is 16.3. The fourth-order valence-corrected chi connectivity index (χ4v) is 7.95. The van der Waals surface area contributed by atoms with Gasteiger partial charge in [-0.2, -0.15) is 0 Å². The monoisotopic (exact) mass is 663 g/mol. The van der Waals surface area contributed by atoms with Crippen molar-refractivity contribution in [1.29, 1.82) is 0 Å². The van der Waals surface area contributed by atoms with E-state index in [-0.39, 0.29) is 0 Å². The summed E-state index contributed by atoms with van der Waals surface area (Å²) in [4.78, 5) is 2.43. The van der Waals surface area contributed by atoms with Crippen LogP contribution in [0.25, 0.3) is 76.9 Å². The Labute approximate surface area is 302 Å². The van der Waals surface area contributed by atoms with Crippen molar-refractivity contribution in [3.8, 4) is 33.4 Å². The lowest BCUT2D eigenvalue weighted by atomic mass is 9.88. The van der Waals surface area contributed by atoms with E-state index < -0.39 is 0 Å². The maximum atomic E-state index is 6.77. The molecule has 0 aliphatic heterocycles. The molecule has 9 aromatic carbocycles. The van der Waals surface area contributed by atoms with Gasteiger partial charge in [0.25, 0.3) is 0 Å². The molecule has 0 amide bonds. The van der Waals surface area contributed by atoms with E-state index in [1.54, 1.807) is 0 Å². The Morgan fingerprint density at radius 3 is 1.62 bits per heavy atom. The Kier molecular flexibility index (Phi) is 7.18. The average molecular weight is 664 g/mol. The van der Waals surface area contributed by atoms with Gasteiger partial charge in [0.05, 0.1) is 17.1 Å². The van der Waals surface area contributed by atoms with Gasteiger partial charge >= 0.3 is 0 Å².